The van der Waals surface area contributed by atoms with Gasteiger partial charge in [-0.1, -0.05) is 37.0 Å². The molecule has 6 heteroatoms. The third-order valence-electron chi connectivity index (χ3n) is 3.07. The lowest BCUT2D eigenvalue weighted by molar-refractivity contribution is 0.0948. The molecule has 1 heterocycles. The minimum absolute atomic E-state index is 0.246. The van der Waals surface area contributed by atoms with E-state index in [1.54, 1.807) is 16.8 Å². The lowest BCUT2D eigenvalue weighted by Gasteiger charge is -2.05. The molecule has 1 amide bonds. The fourth-order valence-electron chi connectivity index (χ4n) is 2.00. The van der Waals surface area contributed by atoms with Gasteiger partial charge in [-0.15, -0.1) is 0 Å². The maximum Gasteiger partial charge on any atom is 0.273 e. The molecule has 112 valence electrons. The largest absolute Gasteiger partial charge is 0.351 e. The van der Waals surface area contributed by atoms with Gasteiger partial charge in [0.15, 0.2) is 5.69 Å². The summed E-state index contributed by atoms with van der Waals surface area (Å²) in [6.45, 7) is 4.57. The summed E-state index contributed by atoms with van der Waals surface area (Å²) in [5.74, 6) is -0.246. The summed E-state index contributed by atoms with van der Waals surface area (Å²) in [4.78, 5) is 12.1. The average Bonchev–Trinajstić information content (AvgIpc) is 2.82. The molecule has 1 aromatic carbocycles. The van der Waals surface area contributed by atoms with Gasteiger partial charge in [0.1, 0.15) is 0 Å². The highest BCUT2D eigenvalue weighted by Crippen LogP contribution is 2.25. The number of halogens is 2. The molecular weight excluding hydrogens is 309 g/mol. The van der Waals surface area contributed by atoms with Crippen LogP contribution in [0.15, 0.2) is 24.3 Å². The van der Waals surface area contributed by atoms with Gasteiger partial charge in [-0.25, -0.2) is 4.68 Å². The fraction of sp³-hybridized carbons (Fsp3) is 0.333. The van der Waals surface area contributed by atoms with Crippen LogP contribution in [-0.2, 0) is 6.42 Å². The molecule has 0 radical (unpaired) electrons. The zero-order valence-electron chi connectivity index (χ0n) is 12.0. The first-order chi connectivity index (χ1) is 10.1. The van der Waals surface area contributed by atoms with Gasteiger partial charge in [0, 0.05) is 11.6 Å². The number of hydrogen-bond acceptors (Lipinski definition) is 2. The number of nitrogens with zero attached hydrogens (tertiary/aromatic N) is 2. The van der Waals surface area contributed by atoms with Gasteiger partial charge in [0.25, 0.3) is 5.91 Å². The Labute approximate surface area is 134 Å². The zero-order chi connectivity index (χ0) is 15.4. The van der Waals surface area contributed by atoms with Gasteiger partial charge in [-0.3, -0.25) is 4.79 Å². The monoisotopic (exact) mass is 325 g/mol. The summed E-state index contributed by atoms with van der Waals surface area (Å²) in [7, 11) is 0. The van der Waals surface area contributed by atoms with Crippen LogP contribution in [0.3, 0.4) is 0 Å². The first kappa shape index (κ1) is 15.9. The molecule has 2 rings (SSSR count). The van der Waals surface area contributed by atoms with Crippen molar-refractivity contribution in [2.75, 3.05) is 6.54 Å². The lowest BCUT2D eigenvalue weighted by atomic mass is 10.2. The molecule has 0 atom stereocenters. The molecule has 0 fully saturated rings. The Balaban J connectivity index is 2.42. The summed E-state index contributed by atoms with van der Waals surface area (Å²) in [6.07, 6.45) is 1.54. The topological polar surface area (TPSA) is 46.9 Å². The predicted molar refractivity (Wildman–Crippen MR) is 85.6 cm³/mol. The summed E-state index contributed by atoms with van der Waals surface area (Å²) in [6, 6.07) is 7.25. The number of benzene rings is 1. The van der Waals surface area contributed by atoms with E-state index in [1.165, 1.54) is 0 Å². The molecule has 1 aromatic heterocycles. The van der Waals surface area contributed by atoms with E-state index in [9.17, 15) is 4.79 Å². The highest BCUT2D eigenvalue weighted by atomic mass is 35.5. The Hall–Kier alpha value is -1.52. The lowest BCUT2D eigenvalue weighted by Crippen LogP contribution is -2.24. The van der Waals surface area contributed by atoms with Gasteiger partial charge in [-0.05, 0) is 37.1 Å². The van der Waals surface area contributed by atoms with E-state index < -0.39 is 0 Å². The van der Waals surface area contributed by atoms with Gasteiger partial charge in [0.2, 0.25) is 0 Å². The molecule has 4 nitrogen and oxygen atoms in total. The molecule has 0 aliphatic carbocycles. The maximum absolute atomic E-state index is 12.1. The summed E-state index contributed by atoms with van der Waals surface area (Å²) in [5.41, 5.74) is 1.89. The van der Waals surface area contributed by atoms with Crippen molar-refractivity contribution < 1.29 is 4.79 Å². The Morgan fingerprint density at radius 2 is 1.90 bits per heavy atom. The van der Waals surface area contributed by atoms with Crippen LogP contribution in [0, 0.1) is 0 Å². The van der Waals surface area contributed by atoms with Gasteiger partial charge < -0.3 is 5.32 Å². The van der Waals surface area contributed by atoms with Crippen molar-refractivity contribution in [3.05, 3.63) is 45.7 Å². The van der Waals surface area contributed by atoms with Crippen molar-refractivity contribution in [3.63, 3.8) is 0 Å². The molecule has 0 saturated carbocycles. The summed E-state index contributed by atoms with van der Waals surface area (Å²) < 4.78 is 1.69. The molecule has 0 unspecified atom stereocenters. The molecule has 2 aromatic rings. The van der Waals surface area contributed by atoms with Crippen LogP contribution in [0.2, 0.25) is 10.0 Å². The van der Waals surface area contributed by atoms with E-state index in [2.05, 4.69) is 10.4 Å². The minimum Gasteiger partial charge on any atom is -0.351 e. The van der Waals surface area contributed by atoms with Crippen LogP contribution >= 0.6 is 23.2 Å². The van der Waals surface area contributed by atoms with E-state index >= 15 is 0 Å². The van der Waals surface area contributed by atoms with Crippen molar-refractivity contribution >= 4 is 29.1 Å². The Morgan fingerprint density at radius 3 is 2.48 bits per heavy atom. The van der Waals surface area contributed by atoms with Crippen LogP contribution in [0.1, 0.15) is 36.5 Å². The molecule has 1 N–H and O–H groups in total. The van der Waals surface area contributed by atoms with Crippen LogP contribution in [-0.4, -0.2) is 22.2 Å². The smallest absolute Gasteiger partial charge is 0.273 e. The van der Waals surface area contributed by atoms with Crippen molar-refractivity contribution in [1.29, 1.82) is 0 Å². The molecule has 21 heavy (non-hydrogen) atoms. The molecule has 0 saturated heterocycles. The van der Waals surface area contributed by atoms with E-state index in [0.717, 1.165) is 17.8 Å². The average molecular weight is 326 g/mol. The molecule has 0 aliphatic heterocycles. The maximum atomic E-state index is 12.1. The SMILES string of the molecule is CCCNC(=O)c1nn(-c2ccc(Cl)cc2)c(CC)c1Cl. The Morgan fingerprint density at radius 1 is 1.24 bits per heavy atom. The second-order valence-corrected chi connectivity index (χ2v) is 5.42. The first-order valence-electron chi connectivity index (χ1n) is 6.90. The Bertz CT molecular complexity index is 635. The third-order valence-corrected chi connectivity index (χ3v) is 3.72. The minimum atomic E-state index is -0.246. The second-order valence-electron chi connectivity index (χ2n) is 4.61. The van der Waals surface area contributed by atoms with E-state index in [0.29, 0.717) is 23.0 Å². The van der Waals surface area contributed by atoms with Crippen molar-refractivity contribution in [2.45, 2.75) is 26.7 Å². The number of rotatable bonds is 5. The standard InChI is InChI=1S/C15H17Cl2N3O/c1-3-9-18-15(21)14-13(17)12(4-2)20(19-14)11-7-5-10(16)6-8-11/h5-8H,3-4,9H2,1-2H3,(H,18,21). The molecule has 0 spiro atoms. The fourth-order valence-corrected chi connectivity index (χ4v) is 2.47. The van der Waals surface area contributed by atoms with Gasteiger partial charge in [-0.2, -0.15) is 5.10 Å². The number of carbonyl (C=O) groups excluding carboxylic acids is 1. The predicted octanol–water partition coefficient (Wildman–Crippen LogP) is 3.88. The van der Waals surface area contributed by atoms with Crippen LogP contribution in [0.4, 0.5) is 0 Å². The first-order valence-corrected chi connectivity index (χ1v) is 7.65. The van der Waals surface area contributed by atoms with E-state index in [4.69, 9.17) is 23.2 Å². The summed E-state index contributed by atoms with van der Waals surface area (Å²) in [5, 5.41) is 8.21. The zero-order valence-corrected chi connectivity index (χ0v) is 13.5. The van der Waals surface area contributed by atoms with Crippen LogP contribution in [0.25, 0.3) is 5.69 Å². The molecule has 0 aliphatic rings. The van der Waals surface area contributed by atoms with Crippen LogP contribution in [0.5, 0.6) is 0 Å². The van der Waals surface area contributed by atoms with Crippen LogP contribution < -0.4 is 5.32 Å². The van der Waals surface area contributed by atoms with Crippen molar-refractivity contribution in [3.8, 4) is 5.69 Å². The van der Waals surface area contributed by atoms with E-state index in [-0.39, 0.29) is 11.6 Å². The number of nitrogens with one attached hydrogen (secondary N) is 1. The number of amides is 1. The number of hydrogen-bond donors (Lipinski definition) is 1. The van der Waals surface area contributed by atoms with Crippen molar-refractivity contribution in [2.24, 2.45) is 0 Å². The third kappa shape index (κ3) is 3.39. The summed E-state index contributed by atoms with van der Waals surface area (Å²) >= 11 is 12.2. The quantitative estimate of drug-likeness (QED) is 0.906. The molecule has 0 bridgehead atoms. The number of carbonyl (C=O) groups is 1. The Kier molecular flexibility index (Phi) is 5.26. The van der Waals surface area contributed by atoms with E-state index in [1.807, 2.05) is 26.0 Å². The highest BCUT2D eigenvalue weighted by Gasteiger charge is 2.21. The normalized spacial score (nSPS) is 10.7. The molecular formula is C15H17Cl2N3O. The van der Waals surface area contributed by atoms with Gasteiger partial charge >= 0.3 is 0 Å². The highest BCUT2D eigenvalue weighted by molar-refractivity contribution is 6.34. The second kappa shape index (κ2) is 6.96. The van der Waals surface area contributed by atoms with Gasteiger partial charge in [0.05, 0.1) is 16.4 Å². The van der Waals surface area contributed by atoms with Crippen molar-refractivity contribution in [1.82, 2.24) is 15.1 Å². The number of aromatic nitrogens is 2.